The lowest BCUT2D eigenvalue weighted by molar-refractivity contribution is -0.121. The number of aromatic nitrogens is 3. The summed E-state index contributed by atoms with van der Waals surface area (Å²) in [5.41, 5.74) is 9.67. The molecule has 0 saturated heterocycles. The van der Waals surface area contributed by atoms with E-state index in [1.807, 2.05) is 90.1 Å². The molecular weight excluding hydrogens is 390 g/mol. The van der Waals surface area contributed by atoms with Gasteiger partial charge in [-0.1, -0.05) is 30.3 Å². The second-order valence-corrected chi connectivity index (χ2v) is 7.18. The van der Waals surface area contributed by atoms with Crippen molar-refractivity contribution in [3.63, 3.8) is 0 Å². The number of hydrogen-bond acceptors (Lipinski definition) is 3. The van der Waals surface area contributed by atoms with Gasteiger partial charge in [-0.2, -0.15) is 5.10 Å². The molecule has 0 aliphatic heterocycles. The van der Waals surface area contributed by atoms with Crippen LogP contribution >= 0.6 is 0 Å². The number of carbonyl (C=O) groups excluding carboxylic acids is 2. The lowest BCUT2D eigenvalue weighted by atomic mass is 10.1. The molecule has 7 heteroatoms. The highest BCUT2D eigenvalue weighted by atomic mass is 16.2. The second kappa shape index (κ2) is 8.71. The van der Waals surface area contributed by atoms with Crippen LogP contribution < -0.4 is 10.9 Å². The van der Waals surface area contributed by atoms with Gasteiger partial charge in [-0.15, -0.1) is 0 Å². The molecule has 0 bridgehead atoms. The molecule has 4 rings (SSSR count). The number of aryl methyl sites for hydroxylation is 1. The normalized spacial score (nSPS) is 10.6. The van der Waals surface area contributed by atoms with Crippen molar-refractivity contribution in [3.8, 4) is 11.4 Å². The van der Waals surface area contributed by atoms with E-state index in [0.717, 1.165) is 28.3 Å². The number of nitrogens with one attached hydrogen (secondary N) is 2. The Morgan fingerprint density at radius 1 is 0.871 bits per heavy atom. The van der Waals surface area contributed by atoms with E-state index in [2.05, 4.69) is 16.0 Å². The van der Waals surface area contributed by atoms with Crippen molar-refractivity contribution in [2.45, 2.75) is 20.3 Å². The average molecular weight is 413 g/mol. The van der Waals surface area contributed by atoms with Crippen LogP contribution in [0, 0.1) is 13.8 Å². The minimum absolute atomic E-state index is 0.115. The molecule has 156 valence electrons. The largest absolute Gasteiger partial charge is 0.323 e. The van der Waals surface area contributed by atoms with Crippen LogP contribution in [0.4, 0.5) is 0 Å². The Balaban J connectivity index is 1.44. The summed E-state index contributed by atoms with van der Waals surface area (Å²) in [5.74, 6) is -0.698. The number of amides is 2. The molecule has 2 aromatic heterocycles. The van der Waals surface area contributed by atoms with E-state index in [9.17, 15) is 9.59 Å². The van der Waals surface area contributed by atoms with Crippen molar-refractivity contribution in [1.82, 2.24) is 25.2 Å². The molecule has 2 heterocycles. The maximum atomic E-state index is 12.7. The van der Waals surface area contributed by atoms with Gasteiger partial charge in [0.1, 0.15) is 0 Å². The SMILES string of the molecule is Cc1nn(-c2ccccc2)c(C)c1CC(=O)NNC(=O)c1ccccc1-n1cccc1. The van der Waals surface area contributed by atoms with Gasteiger partial charge in [-0.3, -0.25) is 20.4 Å². The van der Waals surface area contributed by atoms with Crippen molar-refractivity contribution in [1.29, 1.82) is 0 Å². The van der Waals surface area contributed by atoms with E-state index < -0.39 is 0 Å². The first-order chi connectivity index (χ1) is 15.0. The zero-order valence-corrected chi connectivity index (χ0v) is 17.4. The van der Waals surface area contributed by atoms with E-state index in [-0.39, 0.29) is 18.2 Å². The molecule has 4 aromatic rings. The first-order valence-corrected chi connectivity index (χ1v) is 9.96. The third-order valence-electron chi connectivity index (χ3n) is 5.13. The van der Waals surface area contributed by atoms with Crippen molar-refractivity contribution in [3.05, 3.63) is 102 Å². The lowest BCUT2D eigenvalue weighted by Crippen LogP contribution is -2.42. The van der Waals surface area contributed by atoms with E-state index in [0.29, 0.717) is 5.56 Å². The Hall–Kier alpha value is -4.13. The summed E-state index contributed by atoms with van der Waals surface area (Å²) >= 11 is 0. The number of hydrazine groups is 1. The first kappa shape index (κ1) is 20.2. The lowest BCUT2D eigenvalue weighted by Gasteiger charge is -2.12. The highest BCUT2D eigenvalue weighted by Crippen LogP contribution is 2.18. The summed E-state index contributed by atoms with van der Waals surface area (Å²) in [6, 6.07) is 20.7. The van der Waals surface area contributed by atoms with Crippen LogP contribution in [0.25, 0.3) is 11.4 Å². The van der Waals surface area contributed by atoms with Gasteiger partial charge in [0.15, 0.2) is 0 Å². The Morgan fingerprint density at radius 3 is 2.29 bits per heavy atom. The van der Waals surface area contributed by atoms with Crippen molar-refractivity contribution in [2.24, 2.45) is 0 Å². The predicted octanol–water partition coefficient (Wildman–Crippen LogP) is 3.28. The van der Waals surface area contributed by atoms with Gasteiger partial charge in [-0.05, 0) is 50.2 Å². The molecule has 0 unspecified atom stereocenters. The minimum atomic E-state index is -0.383. The van der Waals surface area contributed by atoms with Crippen LogP contribution in [0.1, 0.15) is 27.3 Å². The highest BCUT2D eigenvalue weighted by Gasteiger charge is 2.17. The maximum absolute atomic E-state index is 12.7. The summed E-state index contributed by atoms with van der Waals surface area (Å²) in [7, 11) is 0. The Bertz CT molecular complexity index is 1210. The Kier molecular flexibility index (Phi) is 5.66. The zero-order valence-electron chi connectivity index (χ0n) is 17.4. The number of nitrogens with zero attached hydrogens (tertiary/aromatic N) is 3. The van der Waals surface area contributed by atoms with Crippen LogP contribution in [-0.2, 0) is 11.2 Å². The standard InChI is InChI=1S/C24H23N5O2/c1-17-21(18(2)29(27-17)19-10-4-3-5-11-19)16-23(30)25-26-24(31)20-12-6-7-13-22(20)28-14-8-9-15-28/h3-15H,16H2,1-2H3,(H,25,30)(H,26,31). The predicted molar refractivity (Wildman–Crippen MR) is 118 cm³/mol. The summed E-state index contributed by atoms with van der Waals surface area (Å²) in [4.78, 5) is 25.2. The van der Waals surface area contributed by atoms with Crippen molar-refractivity contribution in [2.75, 3.05) is 0 Å². The summed E-state index contributed by atoms with van der Waals surface area (Å²) in [5, 5.41) is 4.56. The summed E-state index contributed by atoms with van der Waals surface area (Å²) in [6.45, 7) is 3.81. The van der Waals surface area contributed by atoms with Gasteiger partial charge in [0.05, 0.1) is 29.1 Å². The smallest absolute Gasteiger partial charge is 0.271 e. The Morgan fingerprint density at radius 2 is 1.55 bits per heavy atom. The number of para-hydroxylation sites is 2. The van der Waals surface area contributed by atoms with Gasteiger partial charge >= 0.3 is 0 Å². The maximum Gasteiger partial charge on any atom is 0.271 e. The second-order valence-electron chi connectivity index (χ2n) is 7.18. The van der Waals surface area contributed by atoms with Gasteiger partial charge in [0, 0.05) is 23.7 Å². The van der Waals surface area contributed by atoms with Crippen LogP contribution in [0.5, 0.6) is 0 Å². The van der Waals surface area contributed by atoms with Crippen molar-refractivity contribution >= 4 is 11.8 Å². The molecule has 0 fully saturated rings. The molecule has 2 aromatic carbocycles. The topological polar surface area (TPSA) is 81.0 Å². The Labute approximate surface area is 180 Å². The average Bonchev–Trinajstić information content (AvgIpc) is 3.42. The fraction of sp³-hybridized carbons (Fsp3) is 0.125. The van der Waals surface area contributed by atoms with Crippen LogP contribution in [0.3, 0.4) is 0 Å². The quantitative estimate of drug-likeness (QED) is 0.493. The van der Waals surface area contributed by atoms with Crippen molar-refractivity contribution < 1.29 is 9.59 Å². The molecule has 0 atom stereocenters. The van der Waals surface area contributed by atoms with Crippen LogP contribution in [0.2, 0.25) is 0 Å². The number of rotatable bonds is 5. The monoisotopic (exact) mass is 413 g/mol. The highest BCUT2D eigenvalue weighted by molar-refractivity contribution is 5.98. The molecule has 2 amide bonds. The van der Waals surface area contributed by atoms with Gasteiger partial charge < -0.3 is 4.57 Å². The molecule has 0 aliphatic carbocycles. The molecule has 7 nitrogen and oxygen atoms in total. The van der Waals surface area contributed by atoms with E-state index in [1.165, 1.54) is 0 Å². The van der Waals surface area contributed by atoms with E-state index >= 15 is 0 Å². The van der Waals surface area contributed by atoms with Gasteiger partial charge in [-0.25, -0.2) is 4.68 Å². The zero-order chi connectivity index (χ0) is 21.8. The van der Waals surface area contributed by atoms with Gasteiger partial charge in [0.25, 0.3) is 5.91 Å². The molecule has 0 aliphatic rings. The molecule has 0 spiro atoms. The van der Waals surface area contributed by atoms with Crippen LogP contribution in [0.15, 0.2) is 79.1 Å². The number of carbonyl (C=O) groups is 2. The van der Waals surface area contributed by atoms with Gasteiger partial charge in [0.2, 0.25) is 5.91 Å². The number of hydrogen-bond donors (Lipinski definition) is 2. The molecule has 0 radical (unpaired) electrons. The fourth-order valence-corrected chi connectivity index (χ4v) is 3.54. The minimum Gasteiger partial charge on any atom is -0.323 e. The fourth-order valence-electron chi connectivity index (χ4n) is 3.54. The third kappa shape index (κ3) is 4.25. The summed E-state index contributed by atoms with van der Waals surface area (Å²) in [6.07, 6.45) is 3.84. The molecule has 31 heavy (non-hydrogen) atoms. The summed E-state index contributed by atoms with van der Waals surface area (Å²) < 4.78 is 3.67. The van der Waals surface area contributed by atoms with E-state index in [4.69, 9.17) is 0 Å². The molecular formula is C24H23N5O2. The number of benzene rings is 2. The first-order valence-electron chi connectivity index (χ1n) is 9.96. The van der Waals surface area contributed by atoms with E-state index in [1.54, 1.807) is 12.1 Å². The molecule has 0 saturated carbocycles. The third-order valence-corrected chi connectivity index (χ3v) is 5.13. The molecule has 2 N–H and O–H groups in total. The van der Waals surface area contributed by atoms with Crippen LogP contribution in [-0.4, -0.2) is 26.2 Å².